The van der Waals surface area contributed by atoms with Gasteiger partial charge in [0.25, 0.3) is 0 Å². The van der Waals surface area contributed by atoms with E-state index in [1.807, 2.05) is 0 Å². The molecule has 9 nitrogen and oxygen atoms in total. The van der Waals surface area contributed by atoms with Gasteiger partial charge < -0.3 is 14.0 Å². The molecule has 0 N–H and O–H groups in total. The molecule has 1 fully saturated rings. The van der Waals surface area contributed by atoms with Crippen molar-refractivity contribution in [2.45, 2.75) is 6.04 Å². The fraction of sp³-hybridized carbons (Fsp3) is 0.333. The maximum absolute atomic E-state index is 11.8. The van der Waals surface area contributed by atoms with Crippen molar-refractivity contribution in [3.63, 3.8) is 0 Å². The summed E-state index contributed by atoms with van der Waals surface area (Å²) in [4.78, 5) is 13.2. The molecular formula is C9H8N3O6S-. The monoisotopic (exact) mass is 286 g/mol. The predicted octanol–water partition coefficient (Wildman–Crippen LogP) is -0.430. The number of fused-ring (bicyclic) bond motifs is 2. The Kier molecular flexibility index (Phi) is 2.59. The van der Waals surface area contributed by atoms with E-state index in [1.54, 1.807) is 6.08 Å². The van der Waals surface area contributed by atoms with E-state index in [0.717, 1.165) is 5.57 Å². The first-order valence-electron chi connectivity index (χ1n) is 5.28. The van der Waals surface area contributed by atoms with Crippen molar-refractivity contribution in [2.75, 3.05) is 13.1 Å². The van der Waals surface area contributed by atoms with Crippen LogP contribution < -0.4 is 0 Å². The Bertz CT molecular complexity index is 637. The van der Waals surface area contributed by atoms with E-state index in [9.17, 15) is 17.8 Å². The van der Waals surface area contributed by atoms with Crippen LogP contribution in [-0.4, -0.2) is 53.3 Å². The minimum absolute atomic E-state index is 0.267. The third-order valence-electron chi connectivity index (χ3n) is 2.90. The van der Waals surface area contributed by atoms with Crippen molar-refractivity contribution in [2.24, 2.45) is 0 Å². The Balaban J connectivity index is 1.90. The Labute approximate surface area is 107 Å². The minimum Gasteiger partial charge on any atom is -0.724 e. The second-order valence-corrected chi connectivity index (χ2v) is 5.11. The van der Waals surface area contributed by atoms with Gasteiger partial charge in [-0.15, -0.1) is 0 Å². The van der Waals surface area contributed by atoms with Gasteiger partial charge in [-0.25, -0.2) is 13.2 Å². The summed E-state index contributed by atoms with van der Waals surface area (Å²) < 4.78 is 40.7. The third-order valence-corrected chi connectivity index (χ3v) is 3.24. The molecule has 2 amide bonds. The molecule has 1 unspecified atom stereocenters. The summed E-state index contributed by atoms with van der Waals surface area (Å²) >= 11 is 0. The quantitative estimate of drug-likeness (QED) is 0.546. The van der Waals surface area contributed by atoms with Crippen LogP contribution in [0.3, 0.4) is 0 Å². The molecule has 102 valence electrons. The van der Waals surface area contributed by atoms with Crippen molar-refractivity contribution >= 4 is 22.0 Å². The van der Waals surface area contributed by atoms with Crippen molar-refractivity contribution in [3.05, 3.63) is 24.1 Å². The highest BCUT2D eigenvalue weighted by molar-refractivity contribution is 7.80. The highest BCUT2D eigenvalue weighted by Crippen LogP contribution is 2.29. The van der Waals surface area contributed by atoms with E-state index >= 15 is 0 Å². The number of amides is 2. The van der Waals surface area contributed by atoms with Crippen molar-refractivity contribution in [1.82, 2.24) is 15.1 Å². The summed E-state index contributed by atoms with van der Waals surface area (Å²) in [7, 11) is -4.98. The fourth-order valence-corrected chi connectivity index (χ4v) is 2.51. The lowest BCUT2D eigenvalue weighted by atomic mass is 10.0. The van der Waals surface area contributed by atoms with Crippen LogP contribution in [0.25, 0.3) is 5.57 Å². The number of carbonyl (C=O) groups is 1. The second-order valence-electron chi connectivity index (χ2n) is 4.14. The van der Waals surface area contributed by atoms with Gasteiger partial charge >= 0.3 is 6.03 Å². The molecule has 1 saturated heterocycles. The zero-order chi connectivity index (χ0) is 13.6. The van der Waals surface area contributed by atoms with Gasteiger partial charge in [-0.2, -0.15) is 9.35 Å². The lowest BCUT2D eigenvalue weighted by Crippen LogP contribution is -2.35. The largest absolute Gasteiger partial charge is 0.724 e. The molecule has 1 aromatic rings. The van der Waals surface area contributed by atoms with Crippen molar-refractivity contribution in [1.29, 1.82) is 0 Å². The Morgan fingerprint density at radius 1 is 1.53 bits per heavy atom. The first-order chi connectivity index (χ1) is 8.94. The van der Waals surface area contributed by atoms with Gasteiger partial charge in [0, 0.05) is 18.7 Å². The molecule has 0 aliphatic carbocycles. The van der Waals surface area contributed by atoms with Crippen LogP contribution in [0.1, 0.15) is 5.56 Å². The van der Waals surface area contributed by atoms with Crippen LogP contribution in [0.15, 0.2) is 23.1 Å². The molecular weight excluding hydrogens is 278 g/mol. The molecule has 0 radical (unpaired) electrons. The maximum Gasteiger partial charge on any atom is 0.346 e. The van der Waals surface area contributed by atoms with Crippen LogP contribution in [0.4, 0.5) is 4.79 Å². The number of aromatic nitrogens is 1. The highest BCUT2D eigenvalue weighted by Gasteiger charge is 2.42. The highest BCUT2D eigenvalue weighted by atomic mass is 32.3. The predicted molar refractivity (Wildman–Crippen MR) is 57.9 cm³/mol. The zero-order valence-electron chi connectivity index (χ0n) is 9.42. The molecule has 0 spiro atoms. The molecule has 2 bridgehead atoms. The van der Waals surface area contributed by atoms with E-state index in [-0.39, 0.29) is 13.1 Å². The SMILES string of the molecule is O=C1N2CC(c3cnoc3)=CC(C2)N1OS(=O)(=O)[O-]. The first kappa shape index (κ1) is 12.1. The Morgan fingerprint density at radius 3 is 2.95 bits per heavy atom. The minimum atomic E-state index is -4.98. The summed E-state index contributed by atoms with van der Waals surface area (Å²) in [6.45, 7) is 0.540. The normalized spacial score (nSPS) is 22.9. The number of hydrogen-bond donors (Lipinski definition) is 0. The zero-order valence-corrected chi connectivity index (χ0v) is 10.2. The van der Waals surface area contributed by atoms with Crippen molar-refractivity contribution in [3.8, 4) is 0 Å². The molecule has 2 aliphatic rings. The van der Waals surface area contributed by atoms with E-state index in [0.29, 0.717) is 10.6 Å². The number of urea groups is 1. The molecule has 19 heavy (non-hydrogen) atoms. The van der Waals surface area contributed by atoms with Gasteiger partial charge in [-0.05, 0) is 5.57 Å². The number of carbonyl (C=O) groups excluding carboxylic acids is 1. The summed E-state index contributed by atoms with van der Waals surface area (Å²) in [5.41, 5.74) is 1.44. The van der Waals surface area contributed by atoms with Crippen LogP contribution >= 0.6 is 0 Å². The summed E-state index contributed by atoms with van der Waals surface area (Å²) in [5, 5.41) is 4.13. The standard InChI is InChI=1S/C9H9N3O6S/c13-9-11-3-6(7-2-10-17-5-7)1-8(4-11)12(9)18-19(14,15)16/h1-2,5,8H,3-4H2,(H,14,15,16)/p-1. The molecule has 0 aromatic carbocycles. The molecule has 1 aromatic heterocycles. The number of rotatable bonds is 3. The molecule has 3 rings (SSSR count). The Hall–Kier alpha value is -1.91. The lowest BCUT2D eigenvalue weighted by Gasteiger charge is -2.21. The van der Waals surface area contributed by atoms with E-state index in [4.69, 9.17) is 4.52 Å². The number of nitrogens with zero attached hydrogens (tertiary/aromatic N) is 3. The van der Waals surface area contributed by atoms with E-state index in [2.05, 4.69) is 9.44 Å². The van der Waals surface area contributed by atoms with Gasteiger partial charge in [-0.1, -0.05) is 11.2 Å². The molecule has 1 atom stereocenters. The van der Waals surface area contributed by atoms with Crippen LogP contribution in [0, 0.1) is 0 Å². The van der Waals surface area contributed by atoms with E-state index in [1.165, 1.54) is 17.4 Å². The number of hydrogen-bond acceptors (Lipinski definition) is 7. The smallest absolute Gasteiger partial charge is 0.346 e. The van der Waals surface area contributed by atoms with Gasteiger partial charge in [0.2, 0.25) is 10.4 Å². The molecule has 0 saturated carbocycles. The summed E-state index contributed by atoms with van der Waals surface area (Å²) in [6.07, 6.45) is 4.55. The maximum atomic E-state index is 11.8. The lowest BCUT2D eigenvalue weighted by molar-refractivity contribution is -0.0195. The van der Waals surface area contributed by atoms with Crippen molar-refractivity contribution < 1.29 is 26.6 Å². The van der Waals surface area contributed by atoms with Gasteiger partial charge in [0.15, 0.2) is 0 Å². The average Bonchev–Trinajstić information content (AvgIpc) is 2.92. The van der Waals surface area contributed by atoms with E-state index < -0.39 is 22.5 Å². The van der Waals surface area contributed by atoms with Crippen LogP contribution in [0.5, 0.6) is 0 Å². The summed E-state index contributed by atoms with van der Waals surface area (Å²) in [6, 6.07) is -1.29. The van der Waals surface area contributed by atoms with Gasteiger partial charge in [0.1, 0.15) is 6.26 Å². The fourth-order valence-electron chi connectivity index (χ4n) is 2.14. The molecule has 2 aliphatic heterocycles. The first-order valence-corrected chi connectivity index (χ1v) is 6.61. The van der Waals surface area contributed by atoms with Gasteiger partial charge in [-0.3, -0.25) is 0 Å². The number of hydroxylamine groups is 2. The average molecular weight is 286 g/mol. The van der Waals surface area contributed by atoms with Crippen LogP contribution in [-0.2, 0) is 14.7 Å². The van der Waals surface area contributed by atoms with Crippen LogP contribution in [0.2, 0.25) is 0 Å². The van der Waals surface area contributed by atoms with Gasteiger partial charge in [0.05, 0.1) is 12.2 Å². The molecule has 3 heterocycles. The molecule has 10 heteroatoms. The third kappa shape index (κ3) is 2.20. The Morgan fingerprint density at radius 2 is 2.32 bits per heavy atom. The topological polar surface area (TPSA) is 116 Å². The second kappa shape index (κ2) is 4.05. The summed E-state index contributed by atoms with van der Waals surface area (Å²) in [5.74, 6) is 0.